The van der Waals surface area contributed by atoms with Crippen LogP contribution in [0.1, 0.15) is 26.3 Å². The molecule has 1 N–H and O–H groups in total. The number of hydrogen-bond acceptors (Lipinski definition) is 5. The fraction of sp³-hybridized carbons (Fsp3) is 0.167. The molecule has 0 radical (unpaired) electrons. The van der Waals surface area contributed by atoms with E-state index in [0.29, 0.717) is 5.56 Å². The number of carbonyl (C=O) groups excluding carboxylic acids is 3. The first-order valence-electron chi connectivity index (χ1n) is 7.77. The summed E-state index contributed by atoms with van der Waals surface area (Å²) in [6, 6.07) is 12.9. The molecule has 0 aromatic heterocycles. The topological polar surface area (TPSA) is 101 Å². The molecule has 7 nitrogen and oxygen atoms in total. The Bertz CT molecular complexity index is 999. The average Bonchev–Trinajstić information content (AvgIpc) is 2.79. The zero-order valence-corrected chi connectivity index (χ0v) is 14.7. The average molecular weight is 372 g/mol. The third-order valence-corrected chi connectivity index (χ3v) is 5.43. The minimum atomic E-state index is -3.64. The monoisotopic (exact) mass is 372 g/mol. The summed E-state index contributed by atoms with van der Waals surface area (Å²) in [5.41, 5.74) is 1.31. The van der Waals surface area contributed by atoms with Crippen molar-refractivity contribution in [2.45, 2.75) is 5.75 Å². The Morgan fingerprint density at radius 3 is 2.35 bits per heavy atom. The Hall–Kier alpha value is -3.00. The van der Waals surface area contributed by atoms with Gasteiger partial charge in [0.2, 0.25) is 5.91 Å². The summed E-state index contributed by atoms with van der Waals surface area (Å²) in [7, 11) is -2.26. The van der Waals surface area contributed by atoms with E-state index >= 15 is 0 Å². The van der Waals surface area contributed by atoms with Gasteiger partial charge in [0, 0.05) is 12.7 Å². The molecular formula is C18H16N2O5S. The standard InChI is InChI=1S/C18H16N2O5S/c1-20-17(22)14-8-7-13(9-15(14)18(20)23)19-16(21)11-26(24,25)10-12-5-3-2-4-6-12/h2-9H,10-11H2,1H3,(H,19,21). The van der Waals surface area contributed by atoms with E-state index in [9.17, 15) is 22.8 Å². The molecule has 0 spiro atoms. The lowest BCUT2D eigenvalue weighted by molar-refractivity contribution is -0.113. The predicted molar refractivity (Wildman–Crippen MR) is 95.4 cm³/mol. The highest BCUT2D eigenvalue weighted by Crippen LogP contribution is 2.24. The van der Waals surface area contributed by atoms with Crippen molar-refractivity contribution in [2.24, 2.45) is 0 Å². The second kappa shape index (κ2) is 6.72. The molecule has 1 heterocycles. The van der Waals surface area contributed by atoms with Crippen molar-refractivity contribution in [1.82, 2.24) is 4.90 Å². The molecule has 0 atom stereocenters. The molecule has 1 aliphatic heterocycles. The second-order valence-corrected chi connectivity index (χ2v) is 8.06. The van der Waals surface area contributed by atoms with Crippen LogP contribution >= 0.6 is 0 Å². The van der Waals surface area contributed by atoms with Gasteiger partial charge in [0.25, 0.3) is 11.8 Å². The quantitative estimate of drug-likeness (QED) is 0.801. The highest BCUT2D eigenvalue weighted by molar-refractivity contribution is 7.91. The number of nitrogens with one attached hydrogen (secondary N) is 1. The normalized spacial score (nSPS) is 13.7. The van der Waals surface area contributed by atoms with Crippen molar-refractivity contribution in [3.05, 3.63) is 65.2 Å². The summed E-state index contributed by atoms with van der Waals surface area (Å²) >= 11 is 0. The molecule has 0 fully saturated rings. The predicted octanol–water partition coefficient (Wildman–Crippen LogP) is 1.47. The highest BCUT2D eigenvalue weighted by Gasteiger charge is 2.32. The van der Waals surface area contributed by atoms with Gasteiger partial charge >= 0.3 is 0 Å². The molecule has 0 aliphatic carbocycles. The zero-order chi connectivity index (χ0) is 18.9. The molecule has 3 amide bonds. The van der Waals surface area contributed by atoms with Crippen molar-refractivity contribution in [2.75, 3.05) is 18.1 Å². The number of anilines is 1. The third-order valence-electron chi connectivity index (χ3n) is 3.95. The number of nitrogens with zero attached hydrogens (tertiary/aromatic N) is 1. The summed E-state index contributed by atoms with van der Waals surface area (Å²) in [5, 5.41) is 2.46. The Labute approximate surface area is 150 Å². The van der Waals surface area contributed by atoms with E-state index < -0.39 is 33.3 Å². The third kappa shape index (κ3) is 3.65. The van der Waals surface area contributed by atoms with Gasteiger partial charge in [-0.25, -0.2) is 8.42 Å². The molecule has 2 aromatic carbocycles. The lowest BCUT2D eigenvalue weighted by Crippen LogP contribution is -2.24. The fourth-order valence-electron chi connectivity index (χ4n) is 2.72. The Morgan fingerprint density at radius 1 is 1.00 bits per heavy atom. The van der Waals surface area contributed by atoms with Crippen LogP contribution in [0.4, 0.5) is 5.69 Å². The lowest BCUT2D eigenvalue weighted by Gasteiger charge is -2.07. The molecule has 3 rings (SSSR count). The van der Waals surface area contributed by atoms with Crippen LogP contribution in [0.25, 0.3) is 0 Å². The summed E-state index contributed by atoms with van der Waals surface area (Å²) < 4.78 is 24.3. The maximum absolute atomic E-state index is 12.2. The van der Waals surface area contributed by atoms with Crippen LogP contribution in [-0.2, 0) is 20.4 Å². The van der Waals surface area contributed by atoms with Crippen LogP contribution in [0.3, 0.4) is 0 Å². The highest BCUT2D eigenvalue weighted by atomic mass is 32.2. The van der Waals surface area contributed by atoms with E-state index in [4.69, 9.17) is 0 Å². The Balaban J connectivity index is 1.69. The molecule has 1 aliphatic rings. The second-order valence-electron chi connectivity index (χ2n) is 6.00. The molecule has 0 saturated carbocycles. The van der Waals surface area contributed by atoms with E-state index in [2.05, 4.69) is 5.32 Å². The molecule has 0 unspecified atom stereocenters. The number of carbonyl (C=O) groups is 3. The Kier molecular flexibility index (Phi) is 4.60. The van der Waals surface area contributed by atoms with E-state index in [1.54, 1.807) is 30.3 Å². The maximum atomic E-state index is 12.2. The Morgan fingerprint density at radius 2 is 1.65 bits per heavy atom. The van der Waals surface area contributed by atoms with Gasteiger partial charge < -0.3 is 5.32 Å². The van der Waals surface area contributed by atoms with Gasteiger partial charge in [0.1, 0.15) is 5.75 Å². The van der Waals surface area contributed by atoms with Crippen molar-refractivity contribution in [3.63, 3.8) is 0 Å². The SMILES string of the molecule is CN1C(=O)c2ccc(NC(=O)CS(=O)(=O)Cc3ccccc3)cc2C1=O. The molecule has 134 valence electrons. The largest absolute Gasteiger partial charge is 0.325 e. The number of hydrogen-bond donors (Lipinski definition) is 1. The molecule has 26 heavy (non-hydrogen) atoms. The molecular weight excluding hydrogens is 356 g/mol. The van der Waals surface area contributed by atoms with E-state index in [-0.39, 0.29) is 22.6 Å². The first-order valence-corrected chi connectivity index (χ1v) is 9.59. The van der Waals surface area contributed by atoms with E-state index in [1.165, 1.54) is 25.2 Å². The summed E-state index contributed by atoms with van der Waals surface area (Å²) in [4.78, 5) is 36.9. The van der Waals surface area contributed by atoms with Crippen molar-refractivity contribution < 1.29 is 22.8 Å². The number of amides is 3. The van der Waals surface area contributed by atoms with Gasteiger partial charge in [0.05, 0.1) is 16.9 Å². The van der Waals surface area contributed by atoms with Crippen LogP contribution < -0.4 is 5.32 Å². The van der Waals surface area contributed by atoms with Crippen molar-refractivity contribution in [3.8, 4) is 0 Å². The van der Waals surface area contributed by atoms with Gasteiger partial charge in [-0.3, -0.25) is 19.3 Å². The van der Waals surface area contributed by atoms with Crippen LogP contribution in [0, 0.1) is 0 Å². The number of fused-ring (bicyclic) bond motifs is 1. The number of rotatable bonds is 5. The minimum Gasteiger partial charge on any atom is -0.325 e. The fourth-order valence-corrected chi connectivity index (χ4v) is 3.99. The summed E-state index contributed by atoms with van der Waals surface area (Å²) in [6.07, 6.45) is 0. The van der Waals surface area contributed by atoms with Crippen LogP contribution in [-0.4, -0.2) is 43.8 Å². The van der Waals surface area contributed by atoms with Crippen LogP contribution in [0.2, 0.25) is 0 Å². The first-order chi connectivity index (χ1) is 12.3. The van der Waals surface area contributed by atoms with Crippen LogP contribution in [0.15, 0.2) is 48.5 Å². The van der Waals surface area contributed by atoms with Gasteiger partial charge in [0.15, 0.2) is 9.84 Å². The minimum absolute atomic E-state index is 0.183. The number of benzene rings is 2. The zero-order valence-electron chi connectivity index (χ0n) is 13.9. The smallest absolute Gasteiger partial charge is 0.261 e. The number of imide groups is 1. The van der Waals surface area contributed by atoms with E-state index in [0.717, 1.165) is 4.90 Å². The lowest BCUT2D eigenvalue weighted by atomic mass is 10.1. The van der Waals surface area contributed by atoms with Gasteiger partial charge in [-0.1, -0.05) is 30.3 Å². The maximum Gasteiger partial charge on any atom is 0.261 e. The van der Waals surface area contributed by atoms with Crippen LogP contribution in [0.5, 0.6) is 0 Å². The van der Waals surface area contributed by atoms with Crippen molar-refractivity contribution >= 4 is 33.2 Å². The first kappa shape index (κ1) is 17.8. The molecule has 0 saturated heterocycles. The van der Waals surface area contributed by atoms with E-state index in [1.807, 2.05) is 0 Å². The van der Waals surface area contributed by atoms with Gasteiger partial charge in [-0.05, 0) is 23.8 Å². The molecule has 2 aromatic rings. The van der Waals surface area contributed by atoms with Crippen molar-refractivity contribution in [1.29, 1.82) is 0 Å². The summed E-state index contributed by atoms with van der Waals surface area (Å²) in [5.74, 6) is -2.48. The van der Waals surface area contributed by atoms with Gasteiger partial charge in [-0.2, -0.15) is 0 Å². The number of sulfone groups is 1. The molecule has 8 heteroatoms. The molecule has 0 bridgehead atoms. The van der Waals surface area contributed by atoms with Gasteiger partial charge in [-0.15, -0.1) is 0 Å². The summed E-state index contributed by atoms with van der Waals surface area (Å²) in [6.45, 7) is 0.